The van der Waals surface area contributed by atoms with Crippen LogP contribution in [-0.4, -0.2) is 17.0 Å². The molecule has 1 unspecified atom stereocenters. The number of aromatic carboxylic acids is 1. The minimum Gasteiger partial charge on any atom is -0.478 e. The second-order valence-corrected chi connectivity index (χ2v) is 6.94. The van der Waals surface area contributed by atoms with Crippen LogP contribution in [0.1, 0.15) is 53.4 Å². The lowest BCUT2D eigenvalue weighted by atomic mass is 9.95. The lowest BCUT2D eigenvalue weighted by Crippen LogP contribution is -2.22. The van der Waals surface area contributed by atoms with Gasteiger partial charge in [0.25, 0.3) is 0 Å². The predicted octanol–water partition coefficient (Wildman–Crippen LogP) is 3.31. The third-order valence-electron chi connectivity index (χ3n) is 4.36. The zero-order valence-electron chi connectivity index (χ0n) is 11.6. The Morgan fingerprint density at radius 3 is 2.65 bits per heavy atom. The van der Waals surface area contributed by atoms with Crippen LogP contribution >= 0.6 is 11.3 Å². The molecular weight excluding hydrogens is 274 g/mol. The molecule has 108 valence electrons. The molecule has 1 amide bonds. The number of carboxylic acid groups (broad SMARTS) is 1. The van der Waals surface area contributed by atoms with Crippen LogP contribution in [0.3, 0.4) is 0 Å². The summed E-state index contributed by atoms with van der Waals surface area (Å²) in [5.74, 6) is -0.485. The second-order valence-electron chi connectivity index (χ2n) is 5.84. The average molecular weight is 293 g/mol. The fraction of sp³-hybridized carbons (Fsp3) is 0.600. The van der Waals surface area contributed by atoms with Gasteiger partial charge in [-0.05, 0) is 50.0 Å². The van der Waals surface area contributed by atoms with E-state index >= 15 is 0 Å². The lowest BCUT2D eigenvalue weighted by Gasteiger charge is -2.11. The predicted molar refractivity (Wildman–Crippen MR) is 78.4 cm³/mol. The Kier molecular flexibility index (Phi) is 3.54. The number of carboxylic acids is 1. The molecule has 5 heteroatoms. The molecule has 2 N–H and O–H groups in total. The standard InChI is InChI=1S/C15H19NO3S/c1-8(9-6-7-9)13(17)16-14-12(15(18)19)10-4-2-3-5-11(10)20-14/h8-9H,2-7H2,1H3,(H,16,17)(H,18,19). The van der Waals surface area contributed by atoms with Crippen LogP contribution in [0.4, 0.5) is 5.00 Å². The lowest BCUT2D eigenvalue weighted by molar-refractivity contribution is -0.119. The molecule has 0 aromatic carbocycles. The molecule has 2 aliphatic rings. The van der Waals surface area contributed by atoms with Crippen LogP contribution in [0.15, 0.2) is 0 Å². The molecule has 0 bridgehead atoms. The maximum Gasteiger partial charge on any atom is 0.339 e. The first-order valence-corrected chi connectivity index (χ1v) is 8.08. The summed E-state index contributed by atoms with van der Waals surface area (Å²) < 4.78 is 0. The van der Waals surface area contributed by atoms with Crippen molar-refractivity contribution in [3.05, 3.63) is 16.0 Å². The molecule has 0 radical (unpaired) electrons. The molecule has 0 spiro atoms. The third-order valence-corrected chi connectivity index (χ3v) is 5.57. The Morgan fingerprint density at radius 1 is 1.30 bits per heavy atom. The van der Waals surface area contributed by atoms with E-state index in [-0.39, 0.29) is 11.8 Å². The van der Waals surface area contributed by atoms with E-state index in [1.54, 1.807) is 0 Å². The van der Waals surface area contributed by atoms with E-state index in [1.807, 2.05) is 6.92 Å². The number of fused-ring (bicyclic) bond motifs is 1. The van der Waals surface area contributed by atoms with Gasteiger partial charge in [-0.3, -0.25) is 4.79 Å². The number of nitrogens with one attached hydrogen (secondary N) is 1. The molecule has 4 nitrogen and oxygen atoms in total. The SMILES string of the molecule is CC(C(=O)Nc1sc2c(c1C(=O)O)CCCC2)C1CC1. The number of hydrogen-bond donors (Lipinski definition) is 2. The van der Waals surface area contributed by atoms with Gasteiger partial charge in [-0.25, -0.2) is 4.79 Å². The Balaban J connectivity index is 1.86. The van der Waals surface area contributed by atoms with Gasteiger partial charge >= 0.3 is 5.97 Å². The Hall–Kier alpha value is -1.36. The summed E-state index contributed by atoms with van der Waals surface area (Å²) in [6, 6.07) is 0. The molecule has 1 aromatic rings. The van der Waals surface area contributed by atoms with E-state index in [2.05, 4.69) is 5.32 Å². The number of aryl methyl sites for hydroxylation is 1. The van der Waals surface area contributed by atoms with E-state index in [4.69, 9.17) is 0 Å². The summed E-state index contributed by atoms with van der Waals surface area (Å²) in [5.41, 5.74) is 1.28. The highest BCUT2D eigenvalue weighted by Crippen LogP contribution is 2.40. The van der Waals surface area contributed by atoms with Crippen molar-refractivity contribution < 1.29 is 14.7 Å². The van der Waals surface area contributed by atoms with Crippen LogP contribution in [0.5, 0.6) is 0 Å². The van der Waals surface area contributed by atoms with Gasteiger partial charge in [0.2, 0.25) is 5.91 Å². The van der Waals surface area contributed by atoms with Gasteiger partial charge in [0, 0.05) is 10.8 Å². The van der Waals surface area contributed by atoms with Gasteiger partial charge in [0.15, 0.2) is 0 Å². The smallest absolute Gasteiger partial charge is 0.339 e. The number of thiophene rings is 1. The maximum absolute atomic E-state index is 12.2. The zero-order valence-corrected chi connectivity index (χ0v) is 12.4. The second kappa shape index (κ2) is 5.20. The summed E-state index contributed by atoms with van der Waals surface area (Å²) in [4.78, 5) is 24.8. The highest BCUT2D eigenvalue weighted by molar-refractivity contribution is 7.17. The summed E-state index contributed by atoms with van der Waals surface area (Å²) in [6.07, 6.45) is 6.13. The van der Waals surface area contributed by atoms with Crippen molar-refractivity contribution >= 4 is 28.2 Å². The van der Waals surface area contributed by atoms with Crippen molar-refractivity contribution in [2.24, 2.45) is 11.8 Å². The van der Waals surface area contributed by atoms with Crippen molar-refractivity contribution in [3.8, 4) is 0 Å². The summed E-state index contributed by atoms with van der Waals surface area (Å²) in [6.45, 7) is 1.93. The normalized spacial score (nSPS) is 19.2. The first-order chi connectivity index (χ1) is 9.58. The number of anilines is 1. The van der Waals surface area contributed by atoms with E-state index in [0.29, 0.717) is 16.5 Å². The van der Waals surface area contributed by atoms with E-state index in [1.165, 1.54) is 11.3 Å². The third kappa shape index (κ3) is 2.46. The largest absolute Gasteiger partial charge is 0.478 e. The first kappa shape index (κ1) is 13.6. The number of rotatable bonds is 4. The monoisotopic (exact) mass is 293 g/mol. The quantitative estimate of drug-likeness (QED) is 0.895. The van der Waals surface area contributed by atoms with Gasteiger partial charge < -0.3 is 10.4 Å². The van der Waals surface area contributed by atoms with Gasteiger partial charge in [-0.15, -0.1) is 11.3 Å². The van der Waals surface area contributed by atoms with Crippen molar-refractivity contribution in [1.29, 1.82) is 0 Å². The number of carbonyl (C=O) groups excluding carboxylic acids is 1. The van der Waals surface area contributed by atoms with Crippen LogP contribution in [0.25, 0.3) is 0 Å². The van der Waals surface area contributed by atoms with Gasteiger partial charge in [0.1, 0.15) is 5.00 Å². The van der Waals surface area contributed by atoms with Crippen LogP contribution in [-0.2, 0) is 17.6 Å². The highest BCUT2D eigenvalue weighted by Gasteiger charge is 2.34. The number of hydrogen-bond acceptors (Lipinski definition) is 3. The van der Waals surface area contributed by atoms with Crippen LogP contribution < -0.4 is 5.32 Å². The average Bonchev–Trinajstić information content (AvgIpc) is 3.18. The van der Waals surface area contributed by atoms with Crippen molar-refractivity contribution in [2.45, 2.75) is 45.4 Å². The maximum atomic E-state index is 12.2. The van der Waals surface area contributed by atoms with Crippen molar-refractivity contribution in [3.63, 3.8) is 0 Å². The molecule has 1 aromatic heterocycles. The van der Waals surface area contributed by atoms with E-state index < -0.39 is 5.97 Å². The van der Waals surface area contributed by atoms with E-state index in [0.717, 1.165) is 49.0 Å². The number of amides is 1. The minimum atomic E-state index is -0.918. The molecule has 1 atom stereocenters. The molecule has 3 rings (SSSR count). The van der Waals surface area contributed by atoms with Gasteiger partial charge in [-0.2, -0.15) is 0 Å². The van der Waals surface area contributed by atoms with Crippen LogP contribution in [0, 0.1) is 11.8 Å². The molecule has 1 fully saturated rings. The molecule has 2 aliphatic carbocycles. The zero-order chi connectivity index (χ0) is 14.3. The first-order valence-electron chi connectivity index (χ1n) is 7.26. The van der Waals surface area contributed by atoms with Crippen LogP contribution in [0.2, 0.25) is 0 Å². The summed E-state index contributed by atoms with van der Waals surface area (Å²) in [7, 11) is 0. The van der Waals surface area contributed by atoms with Gasteiger partial charge in [-0.1, -0.05) is 6.92 Å². The fourth-order valence-corrected chi connectivity index (χ4v) is 4.20. The molecule has 20 heavy (non-hydrogen) atoms. The minimum absolute atomic E-state index is 0.0178. The number of carbonyl (C=O) groups is 2. The summed E-state index contributed by atoms with van der Waals surface area (Å²) in [5, 5.41) is 12.9. The van der Waals surface area contributed by atoms with Gasteiger partial charge in [0.05, 0.1) is 5.56 Å². The topological polar surface area (TPSA) is 66.4 Å². The molecule has 1 heterocycles. The van der Waals surface area contributed by atoms with Crippen molar-refractivity contribution in [2.75, 3.05) is 5.32 Å². The highest BCUT2D eigenvalue weighted by atomic mass is 32.1. The van der Waals surface area contributed by atoms with Crippen molar-refractivity contribution in [1.82, 2.24) is 0 Å². The summed E-state index contributed by atoms with van der Waals surface area (Å²) >= 11 is 1.46. The van der Waals surface area contributed by atoms with E-state index in [9.17, 15) is 14.7 Å². The Labute approximate surface area is 122 Å². The fourth-order valence-electron chi connectivity index (χ4n) is 2.92. The molecule has 1 saturated carbocycles. The molecular formula is C15H19NO3S. The molecule has 0 aliphatic heterocycles. The Bertz CT molecular complexity index is 560. The Morgan fingerprint density at radius 2 is 2.00 bits per heavy atom. The molecule has 0 saturated heterocycles.